The van der Waals surface area contributed by atoms with Gasteiger partial charge in [-0.3, -0.25) is 0 Å². The summed E-state index contributed by atoms with van der Waals surface area (Å²) in [5.74, 6) is 0.634. The van der Waals surface area contributed by atoms with E-state index in [1.165, 1.54) is 11.6 Å². The van der Waals surface area contributed by atoms with Gasteiger partial charge in [-0.05, 0) is 29.2 Å². The monoisotopic (exact) mass is 244 g/mol. The van der Waals surface area contributed by atoms with Gasteiger partial charge in [0.25, 0.3) is 0 Å². The van der Waals surface area contributed by atoms with Gasteiger partial charge in [0.15, 0.2) is 0 Å². The van der Waals surface area contributed by atoms with Gasteiger partial charge in [0.2, 0.25) is 5.95 Å². The minimum atomic E-state index is -0.463. The van der Waals surface area contributed by atoms with E-state index in [4.69, 9.17) is 0 Å². The number of pyridine rings is 1. The average Bonchev–Trinajstić information content (AvgIpc) is 2.37. The Kier molecular flexibility index (Phi) is 3.92. The van der Waals surface area contributed by atoms with Gasteiger partial charge in [-0.1, -0.05) is 44.2 Å². The number of hydrogen-bond acceptors (Lipinski definition) is 2. The van der Waals surface area contributed by atoms with Crippen LogP contribution in [0.5, 0.6) is 0 Å². The number of anilines is 1. The van der Waals surface area contributed by atoms with Crippen molar-refractivity contribution in [3.8, 4) is 0 Å². The fourth-order valence-corrected chi connectivity index (χ4v) is 1.72. The van der Waals surface area contributed by atoms with Gasteiger partial charge in [-0.15, -0.1) is 0 Å². The van der Waals surface area contributed by atoms with Crippen LogP contribution < -0.4 is 5.32 Å². The van der Waals surface area contributed by atoms with Crippen molar-refractivity contribution in [1.29, 1.82) is 0 Å². The van der Waals surface area contributed by atoms with E-state index in [0.29, 0.717) is 18.3 Å². The maximum atomic E-state index is 12.9. The first kappa shape index (κ1) is 12.6. The number of nitrogens with one attached hydrogen (secondary N) is 1. The van der Waals surface area contributed by atoms with Crippen molar-refractivity contribution >= 4 is 5.82 Å². The SMILES string of the molecule is CC(C)c1ccc(CNc2cccc(F)n2)cc1. The first-order valence-corrected chi connectivity index (χ1v) is 6.10. The molecule has 1 N–H and O–H groups in total. The summed E-state index contributed by atoms with van der Waals surface area (Å²) in [5, 5.41) is 3.10. The standard InChI is InChI=1S/C15H17FN2/c1-11(2)13-8-6-12(7-9-13)10-17-15-5-3-4-14(16)18-15/h3-9,11H,10H2,1-2H3,(H,17,18). The summed E-state index contributed by atoms with van der Waals surface area (Å²) < 4.78 is 12.9. The zero-order valence-corrected chi connectivity index (χ0v) is 10.7. The molecule has 0 saturated carbocycles. The summed E-state index contributed by atoms with van der Waals surface area (Å²) in [6.07, 6.45) is 0. The normalized spacial score (nSPS) is 10.7. The molecule has 0 saturated heterocycles. The maximum Gasteiger partial charge on any atom is 0.214 e. The number of halogens is 1. The highest BCUT2D eigenvalue weighted by atomic mass is 19.1. The third kappa shape index (κ3) is 3.29. The summed E-state index contributed by atoms with van der Waals surface area (Å²) in [4.78, 5) is 3.76. The third-order valence-corrected chi connectivity index (χ3v) is 2.84. The van der Waals surface area contributed by atoms with Crippen LogP contribution in [-0.4, -0.2) is 4.98 Å². The van der Waals surface area contributed by atoms with Gasteiger partial charge >= 0.3 is 0 Å². The van der Waals surface area contributed by atoms with E-state index in [0.717, 1.165) is 5.56 Å². The zero-order chi connectivity index (χ0) is 13.0. The van der Waals surface area contributed by atoms with Crippen LogP contribution in [0.1, 0.15) is 30.9 Å². The minimum Gasteiger partial charge on any atom is -0.366 e. The lowest BCUT2D eigenvalue weighted by molar-refractivity contribution is 0.585. The molecule has 0 bridgehead atoms. The van der Waals surface area contributed by atoms with Gasteiger partial charge in [0.05, 0.1) is 0 Å². The number of hydrogen-bond donors (Lipinski definition) is 1. The lowest BCUT2D eigenvalue weighted by Gasteiger charge is -2.08. The molecule has 2 aromatic rings. The number of aromatic nitrogens is 1. The van der Waals surface area contributed by atoms with Crippen molar-refractivity contribution in [2.75, 3.05) is 5.32 Å². The quantitative estimate of drug-likeness (QED) is 0.823. The predicted octanol–water partition coefficient (Wildman–Crippen LogP) is 3.96. The van der Waals surface area contributed by atoms with Crippen molar-refractivity contribution in [3.63, 3.8) is 0 Å². The predicted molar refractivity (Wildman–Crippen MR) is 72.1 cm³/mol. The minimum absolute atomic E-state index is 0.463. The molecule has 0 amide bonds. The number of rotatable bonds is 4. The first-order valence-electron chi connectivity index (χ1n) is 6.10. The molecular weight excluding hydrogens is 227 g/mol. The van der Waals surface area contributed by atoms with E-state index in [9.17, 15) is 4.39 Å². The molecule has 0 aliphatic rings. The topological polar surface area (TPSA) is 24.9 Å². The summed E-state index contributed by atoms with van der Waals surface area (Å²) in [6, 6.07) is 13.2. The average molecular weight is 244 g/mol. The van der Waals surface area contributed by atoms with Gasteiger partial charge in [-0.2, -0.15) is 4.39 Å². The first-order chi connectivity index (χ1) is 8.65. The Bertz CT molecular complexity index is 506. The molecule has 1 aromatic carbocycles. The fourth-order valence-electron chi connectivity index (χ4n) is 1.72. The molecule has 0 spiro atoms. The second-order valence-corrected chi connectivity index (χ2v) is 4.60. The summed E-state index contributed by atoms with van der Waals surface area (Å²) in [6.45, 7) is 4.99. The molecule has 0 aliphatic carbocycles. The van der Waals surface area contributed by atoms with E-state index in [2.05, 4.69) is 48.4 Å². The highest BCUT2D eigenvalue weighted by molar-refractivity contribution is 5.35. The van der Waals surface area contributed by atoms with Crippen LogP contribution in [0.2, 0.25) is 0 Å². The molecule has 3 heteroatoms. The fraction of sp³-hybridized carbons (Fsp3) is 0.267. The van der Waals surface area contributed by atoms with E-state index in [-0.39, 0.29) is 0 Å². The molecule has 0 unspecified atom stereocenters. The molecule has 0 radical (unpaired) electrons. The second-order valence-electron chi connectivity index (χ2n) is 4.60. The van der Waals surface area contributed by atoms with Gasteiger partial charge < -0.3 is 5.32 Å². The second kappa shape index (κ2) is 5.63. The van der Waals surface area contributed by atoms with Gasteiger partial charge in [-0.25, -0.2) is 4.98 Å². The van der Waals surface area contributed by atoms with Crippen LogP contribution in [0.4, 0.5) is 10.2 Å². The lowest BCUT2D eigenvalue weighted by atomic mass is 10.0. The van der Waals surface area contributed by atoms with Crippen molar-refractivity contribution in [1.82, 2.24) is 4.98 Å². The van der Waals surface area contributed by atoms with E-state index >= 15 is 0 Å². The van der Waals surface area contributed by atoms with Crippen LogP contribution in [0.25, 0.3) is 0 Å². The van der Waals surface area contributed by atoms with Crippen LogP contribution in [0.3, 0.4) is 0 Å². The molecule has 0 fully saturated rings. The molecule has 18 heavy (non-hydrogen) atoms. The number of benzene rings is 1. The van der Waals surface area contributed by atoms with Crippen molar-refractivity contribution in [3.05, 3.63) is 59.5 Å². The molecule has 2 rings (SSSR count). The van der Waals surface area contributed by atoms with Gasteiger partial charge in [0.1, 0.15) is 5.82 Å². The maximum absolute atomic E-state index is 12.9. The van der Waals surface area contributed by atoms with Crippen molar-refractivity contribution in [2.24, 2.45) is 0 Å². The molecule has 0 atom stereocenters. The Balaban J connectivity index is 1.98. The van der Waals surface area contributed by atoms with Crippen molar-refractivity contribution < 1.29 is 4.39 Å². The Morgan fingerprint density at radius 1 is 1.11 bits per heavy atom. The largest absolute Gasteiger partial charge is 0.366 e. The van der Waals surface area contributed by atoms with Crippen LogP contribution >= 0.6 is 0 Å². The van der Waals surface area contributed by atoms with Crippen LogP contribution in [0, 0.1) is 5.95 Å². The van der Waals surface area contributed by atoms with Crippen LogP contribution in [-0.2, 0) is 6.54 Å². The highest BCUT2D eigenvalue weighted by Crippen LogP contribution is 2.15. The highest BCUT2D eigenvalue weighted by Gasteiger charge is 2.00. The molecule has 94 valence electrons. The Labute approximate surface area is 107 Å². The smallest absolute Gasteiger partial charge is 0.214 e. The van der Waals surface area contributed by atoms with E-state index in [1.54, 1.807) is 12.1 Å². The lowest BCUT2D eigenvalue weighted by Crippen LogP contribution is -2.02. The summed E-state index contributed by atoms with van der Waals surface area (Å²) >= 11 is 0. The molecule has 1 aromatic heterocycles. The van der Waals surface area contributed by atoms with Gasteiger partial charge in [0, 0.05) is 6.54 Å². The molecule has 0 aliphatic heterocycles. The molecule has 1 heterocycles. The summed E-state index contributed by atoms with van der Waals surface area (Å²) in [5.41, 5.74) is 2.48. The van der Waals surface area contributed by atoms with Crippen LogP contribution in [0.15, 0.2) is 42.5 Å². The van der Waals surface area contributed by atoms with E-state index < -0.39 is 5.95 Å². The number of nitrogens with zero attached hydrogens (tertiary/aromatic N) is 1. The van der Waals surface area contributed by atoms with E-state index in [1.807, 2.05) is 0 Å². The molecule has 2 nitrogen and oxygen atoms in total. The van der Waals surface area contributed by atoms with Crippen molar-refractivity contribution in [2.45, 2.75) is 26.3 Å². The zero-order valence-electron chi connectivity index (χ0n) is 10.7. The Morgan fingerprint density at radius 3 is 2.44 bits per heavy atom. The third-order valence-electron chi connectivity index (χ3n) is 2.84. The Morgan fingerprint density at radius 2 is 1.83 bits per heavy atom. The summed E-state index contributed by atoms with van der Waals surface area (Å²) in [7, 11) is 0. The Hall–Kier alpha value is -1.90. The molecular formula is C15H17FN2.